The Morgan fingerprint density at radius 3 is 2.33 bits per heavy atom. The summed E-state index contributed by atoms with van der Waals surface area (Å²) in [5, 5.41) is 0. The zero-order valence-electron chi connectivity index (χ0n) is 8.59. The maximum Gasteiger partial charge on any atom is 0.176 e. The first-order chi connectivity index (χ1) is 5.74. The minimum absolute atomic E-state index is 0.179. The summed E-state index contributed by atoms with van der Waals surface area (Å²) in [7, 11) is 3.30. The van der Waals surface area contributed by atoms with Crippen molar-refractivity contribution in [2.24, 2.45) is 0 Å². The molecule has 0 rings (SSSR count). The van der Waals surface area contributed by atoms with Gasteiger partial charge in [-0.2, -0.15) is 0 Å². The van der Waals surface area contributed by atoms with E-state index in [0.717, 1.165) is 6.42 Å². The van der Waals surface area contributed by atoms with E-state index in [9.17, 15) is 0 Å². The summed E-state index contributed by atoms with van der Waals surface area (Å²) in [4.78, 5) is 0. The van der Waals surface area contributed by atoms with Crippen LogP contribution in [0.15, 0.2) is 11.6 Å². The normalized spacial score (nSPS) is 12.6. The van der Waals surface area contributed by atoms with Crippen molar-refractivity contribution in [2.75, 3.05) is 14.2 Å². The molecular weight excluding hydrogens is 152 g/mol. The summed E-state index contributed by atoms with van der Waals surface area (Å²) in [6.07, 6.45) is 5.45. The van der Waals surface area contributed by atoms with Crippen molar-refractivity contribution >= 4 is 0 Å². The lowest BCUT2D eigenvalue weighted by Crippen LogP contribution is -2.09. The lowest BCUT2D eigenvalue weighted by Gasteiger charge is -2.09. The predicted octanol–water partition coefficient (Wildman–Crippen LogP) is 2.74. The van der Waals surface area contributed by atoms with Crippen molar-refractivity contribution < 1.29 is 9.47 Å². The zero-order valence-corrected chi connectivity index (χ0v) is 8.59. The van der Waals surface area contributed by atoms with Gasteiger partial charge in [0, 0.05) is 14.2 Å². The highest BCUT2D eigenvalue weighted by Crippen LogP contribution is 2.08. The molecule has 0 aliphatic heterocycles. The summed E-state index contributed by atoms with van der Waals surface area (Å²) in [5.41, 5.74) is 1.34. The second kappa shape index (κ2) is 7.32. The fourth-order valence-corrected chi connectivity index (χ4v) is 1.00. The van der Waals surface area contributed by atoms with Gasteiger partial charge in [-0.15, -0.1) is 0 Å². The van der Waals surface area contributed by atoms with Gasteiger partial charge in [-0.25, -0.2) is 0 Å². The van der Waals surface area contributed by atoms with Crippen molar-refractivity contribution in [3.8, 4) is 0 Å². The molecular formula is C10H20O2. The molecule has 0 saturated heterocycles. The fourth-order valence-electron chi connectivity index (χ4n) is 1.00. The summed E-state index contributed by atoms with van der Waals surface area (Å²) in [6, 6.07) is 0. The maximum absolute atomic E-state index is 5.05. The minimum atomic E-state index is -0.179. The largest absolute Gasteiger partial charge is 0.352 e. The lowest BCUT2D eigenvalue weighted by atomic mass is 10.1. The van der Waals surface area contributed by atoms with Gasteiger partial charge in [0.1, 0.15) is 0 Å². The van der Waals surface area contributed by atoms with Gasteiger partial charge in [0.25, 0.3) is 0 Å². The Balaban J connectivity index is 3.77. The Hall–Kier alpha value is -0.340. The van der Waals surface area contributed by atoms with Crippen LogP contribution in [-0.4, -0.2) is 20.5 Å². The van der Waals surface area contributed by atoms with Gasteiger partial charge in [-0.05, 0) is 25.8 Å². The molecule has 0 unspecified atom stereocenters. The summed E-state index contributed by atoms with van der Waals surface area (Å²) < 4.78 is 10.1. The molecule has 0 aromatic rings. The van der Waals surface area contributed by atoms with Crippen molar-refractivity contribution in [3.63, 3.8) is 0 Å². The van der Waals surface area contributed by atoms with Crippen molar-refractivity contribution in [1.29, 1.82) is 0 Å². The van der Waals surface area contributed by atoms with Gasteiger partial charge in [-0.3, -0.25) is 0 Å². The number of unbranched alkanes of at least 4 members (excludes halogenated alkanes) is 1. The molecule has 0 heterocycles. The molecule has 0 aliphatic carbocycles. The summed E-state index contributed by atoms with van der Waals surface area (Å²) in [6.45, 7) is 4.30. The average Bonchev–Trinajstić information content (AvgIpc) is 2.10. The second-order valence-electron chi connectivity index (χ2n) is 2.96. The third kappa shape index (κ3) is 5.33. The van der Waals surface area contributed by atoms with E-state index in [2.05, 4.69) is 13.8 Å². The summed E-state index contributed by atoms with van der Waals surface area (Å²) >= 11 is 0. The van der Waals surface area contributed by atoms with Crippen LogP contribution < -0.4 is 0 Å². The van der Waals surface area contributed by atoms with Crippen LogP contribution in [0.25, 0.3) is 0 Å². The molecule has 0 aromatic carbocycles. The topological polar surface area (TPSA) is 18.5 Å². The Bertz CT molecular complexity index is 126. The maximum atomic E-state index is 5.05. The molecule has 12 heavy (non-hydrogen) atoms. The van der Waals surface area contributed by atoms with Crippen LogP contribution in [0.2, 0.25) is 0 Å². The highest BCUT2D eigenvalue weighted by Gasteiger charge is 1.99. The standard InChI is InChI=1S/C10H20O2/c1-5-6-7-9(2)8-10(11-3)12-4/h8,10H,5-7H2,1-4H3/b9-8+. The van der Waals surface area contributed by atoms with E-state index in [4.69, 9.17) is 9.47 Å². The molecule has 2 heteroatoms. The average molecular weight is 172 g/mol. The van der Waals surface area contributed by atoms with Crippen LogP contribution in [0.5, 0.6) is 0 Å². The molecule has 72 valence electrons. The molecule has 0 saturated carbocycles. The highest BCUT2D eigenvalue weighted by atomic mass is 16.7. The van der Waals surface area contributed by atoms with Crippen LogP contribution in [0.4, 0.5) is 0 Å². The molecule has 0 N–H and O–H groups in total. The van der Waals surface area contributed by atoms with Crippen molar-refractivity contribution in [3.05, 3.63) is 11.6 Å². The van der Waals surface area contributed by atoms with Gasteiger partial charge in [0.05, 0.1) is 0 Å². The number of methoxy groups -OCH3 is 2. The monoisotopic (exact) mass is 172 g/mol. The molecule has 0 atom stereocenters. The SMILES string of the molecule is CCCC/C(C)=C/C(OC)OC. The Morgan fingerprint density at radius 2 is 1.92 bits per heavy atom. The van der Waals surface area contributed by atoms with E-state index in [0.29, 0.717) is 0 Å². The van der Waals surface area contributed by atoms with Crippen LogP contribution >= 0.6 is 0 Å². The van der Waals surface area contributed by atoms with E-state index in [1.54, 1.807) is 14.2 Å². The number of hydrogen-bond acceptors (Lipinski definition) is 2. The van der Waals surface area contributed by atoms with Gasteiger partial charge in [-0.1, -0.05) is 18.9 Å². The second-order valence-corrected chi connectivity index (χ2v) is 2.96. The van der Waals surface area contributed by atoms with E-state index in [1.807, 2.05) is 6.08 Å². The third-order valence-corrected chi connectivity index (χ3v) is 1.81. The molecule has 0 bridgehead atoms. The number of rotatable bonds is 6. The molecule has 0 aromatic heterocycles. The van der Waals surface area contributed by atoms with Gasteiger partial charge in [0.15, 0.2) is 6.29 Å². The smallest absolute Gasteiger partial charge is 0.176 e. The van der Waals surface area contributed by atoms with Gasteiger partial charge >= 0.3 is 0 Å². The van der Waals surface area contributed by atoms with Crippen LogP contribution in [0.3, 0.4) is 0 Å². The molecule has 2 nitrogen and oxygen atoms in total. The quantitative estimate of drug-likeness (QED) is 0.453. The Morgan fingerprint density at radius 1 is 1.33 bits per heavy atom. The first-order valence-electron chi connectivity index (χ1n) is 4.47. The number of ether oxygens (including phenoxy) is 2. The Kier molecular flexibility index (Phi) is 7.11. The molecule has 0 radical (unpaired) electrons. The highest BCUT2D eigenvalue weighted by molar-refractivity contribution is 4.99. The van der Waals surface area contributed by atoms with E-state index < -0.39 is 0 Å². The molecule has 0 amide bonds. The number of allylic oxidation sites excluding steroid dienone is 1. The first-order valence-corrected chi connectivity index (χ1v) is 4.47. The Labute approximate surface area is 75.6 Å². The first kappa shape index (κ1) is 11.7. The van der Waals surface area contributed by atoms with Gasteiger partial charge in [0.2, 0.25) is 0 Å². The zero-order chi connectivity index (χ0) is 9.40. The molecule has 0 aliphatic rings. The number of hydrogen-bond donors (Lipinski definition) is 0. The summed E-state index contributed by atoms with van der Waals surface area (Å²) in [5.74, 6) is 0. The van der Waals surface area contributed by atoms with Gasteiger partial charge < -0.3 is 9.47 Å². The minimum Gasteiger partial charge on any atom is -0.352 e. The van der Waals surface area contributed by atoms with Crippen molar-refractivity contribution in [2.45, 2.75) is 39.4 Å². The third-order valence-electron chi connectivity index (χ3n) is 1.81. The van der Waals surface area contributed by atoms with Crippen LogP contribution in [0.1, 0.15) is 33.1 Å². The van der Waals surface area contributed by atoms with E-state index >= 15 is 0 Å². The van der Waals surface area contributed by atoms with E-state index in [1.165, 1.54) is 18.4 Å². The van der Waals surface area contributed by atoms with E-state index in [-0.39, 0.29) is 6.29 Å². The van der Waals surface area contributed by atoms with Crippen LogP contribution in [-0.2, 0) is 9.47 Å². The fraction of sp³-hybridized carbons (Fsp3) is 0.800. The molecule has 0 fully saturated rings. The lowest BCUT2D eigenvalue weighted by molar-refractivity contribution is -0.0671. The van der Waals surface area contributed by atoms with Crippen molar-refractivity contribution in [1.82, 2.24) is 0 Å². The molecule has 0 spiro atoms. The predicted molar refractivity (Wildman–Crippen MR) is 51.1 cm³/mol. The van der Waals surface area contributed by atoms with Crippen LogP contribution in [0, 0.1) is 0 Å².